The van der Waals surface area contributed by atoms with Crippen molar-refractivity contribution in [2.75, 3.05) is 0 Å². The molecule has 0 nitrogen and oxygen atoms in total. The van der Waals surface area contributed by atoms with Crippen LogP contribution in [0.2, 0.25) is 0 Å². The van der Waals surface area contributed by atoms with Gasteiger partial charge < -0.3 is 0 Å². The van der Waals surface area contributed by atoms with E-state index in [-0.39, 0.29) is 0 Å². The Hall–Kier alpha value is -0.260. The molecular weight excluding hydrogens is 252 g/mol. The third kappa shape index (κ3) is 5.80. The minimum Gasteiger partial charge on any atom is -0.0882 e. The molecule has 21 heavy (non-hydrogen) atoms. The number of hydrogen-bond donors (Lipinski definition) is 0. The lowest BCUT2D eigenvalue weighted by Crippen LogP contribution is -2.38. The molecule has 0 bridgehead atoms. The van der Waals surface area contributed by atoms with E-state index in [4.69, 9.17) is 0 Å². The summed E-state index contributed by atoms with van der Waals surface area (Å²) < 4.78 is 0. The molecule has 3 aliphatic rings. The minimum absolute atomic E-state index is 0.977. The van der Waals surface area contributed by atoms with Gasteiger partial charge in [0.05, 0.1) is 0 Å². The summed E-state index contributed by atoms with van der Waals surface area (Å²) in [5.74, 6) is 5.19. The van der Waals surface area contributed by atoms with E-state index in [2.05, 4.69) is 19.1 Å². The topological polar surface area (TPSA) is 0 Å². The van der Waals surface area contributed by atoms with Gasteiger partial charge >= 0.3 is 0 Å². The summed E-state index contributed by atoms with van der Waals surface area (Å²) in [6.07, 6.45) is 15.5. The Balaban J connectivity index is 0.000000598. The van der Waals surface area contributed by atoms with Gasteiger partial charge in [-0.2, -0.15) is 0 Å². The first-order valence-corrected chi connectivity index (χ1v) is 10.0. The van der Waals surface area contributed by atoms with Gasteiger partial charge in [0, 0.05) is 0 Å². The maximum atomic E-state index is 2.58. The van der Waals surface area contributed by atoms with E-state index in [9.17, 15) is 0 Å². The van der Waals surface area contributed by atoms with Gasteiger partial charge in [-0.25, -0.2) is 0 Å². The quantitative estimate of drug-likeness (QED) is 0.406. The van der Waals surface area contributed by atoms with Crippen molar-refractivity contribution in [2.45, 2.75) is 93.4 Å². The molecule has 2 saturated carbocycles. The second-order valence-electron chi connectivity index (χ2n) is 6.26. The molecule has 0 aliphatic heterocycles. The van der Waals surface area contributed by atoms with Gasteiger partial charge in [0.15, 0.2) is 0 Å². The Morgan fingerprint density at radius 2 is 1.33 bits per heavy atom. The lowest BCUT2D eigenvalue weighted by Gasteiger charge is -2.47. The molecule has 5 atom stereocenters. The van der Waals surface area contributed by atoms with E-state index >= 15 is 0 Å². The summed E-state index contributed by atoms with van der Waals surface area (Å²) in [5, 5.41) is 0. The smallest absolute Gasteiger partial charge is 0.0174 e. The van der Waals surface area contributed by atoms with E-state index in [1.54, 1.807) is 6.42 Å². The van der Waals surface area contributed by atoms with Crippen LogP contribution in [0.5, 0.6) is 0 Å². The fraction of sp³-hybridized carbons (Fsp3) is 0.905. The molecule has 3 aliphatic carbocycles. The highest BCUT2D eigenvalue weighted by Gasteiger charge is 2.40. The van der Waals surface area contributed by atoms with Crippen LogP contribution in [0.3, 0.4) is 0 Å². The highest BCUT2D eigenvalue weighted by Crippen LogP contribution is 2.50. The normalized spacial score (nSPS) is 36.2. The second-order valence-corrected chi connectivity index (χ2v) is 6.26. The predicted octanol–water partition coefficient (Wildman–Crippen LogP) is 7.49. The van der Waals surface area contributed by atoms with Crippen LogP contribution in [0.1, 0.15) is 93.4 Å². The molecule has 5 unspecified atom stereocenters. The van der Waals surface area contributed by atoms with E-state index < -0.39 is 0 Å². The van der Waals surface area contributed by atoms with E-state index in [1.807, 2.05) is 41.5 Å². The molecule has 0 aromatic carbocycles. The Morgan fingerprint density at radius 3 is 2.00 bits per heavy atom. The van der Waals surface area contributed by atoms with Gasteiger partial charge in [-0.05, 0) is 68.1 Å². The average Bonchev–Trinajstić information content (AvgIpc) is 2.60. The van der Waals surface area contributed by atoms with Crippen molar-refractivity contribution < 1.29 is 0 Å². The maximum Gasteiger partial charge on any atom is -0.0174 e. The van der Waals surface area contributed by atoms with Crippen LogP contribution in [-0.4, -0.2) is 0 Å². The Labute approximate surface area is 135 Å². The SMILES string of the molecule is CC.CC.CC.CC1CCC2C(CCC3CCC=CC32)C1. The first kappa shape index (κ1) is 20.7. The maximum absolute atomic E-state index is 2.58. The molecular formula is C21H42. The predicted molar refractivity (Wildman–Crippen MR) is 98.6 cm³/mol. The second kappa shape index (κ2) is 12.3. The summed E-state index contributed by atoms with van der Waals surface area (Å²) in [4.78, 5) is 0. The number of fused-ring (bicyclic) bond motifs is 3. The Kier molecular flexibility index (Phi) is 12.1. The minimum atomic E-state index is 0.977. The van der Waals surface area contributed by atoms with Gasteiger partial charge in [0.2, 0.25) is 0 Å². The van der Waals surface area contributed by atoms with Crippen molar-refractivity contribution in [3.05, 3.63) is 12.2 Å². The molecule has 0 saturated heterocycles. The standard InChI is InChI=1S/C15H24.3C2H6/c1-11-6-9-15-13(10-11)8-7-12-4-2-3-5-14(12)15;3*1-2/h3,5,11-15H,2,4,6-10H2,1H3;3*1-2H3. The zero-order valence-corrected chi connectivity index (χ0v) is 16.0. The molecule has 0 heteroatoms. The molecule has 0 aromatic heterocycles. The highest BCUT2D eigenvalue weighted by atomic mass is 14.5. The molecule has 2 fully saturated rings. The lowest BCUT2D eigenvalue weighted by atomic mass is 9.58. The molecule has 126 valence electrons. The average molecular weight is 295 g/mol. The van der Waals surface area contributed by atoms with Crippen LogP contribution in [0, 0.1) is 29.6 Å². The van der Waals surface area contributed by atoms with Crippen LogP contribution in [0.15, 0.2) is 12.2 Å². The number of allylic oxidation sites excluding steroid dienone is 2. The molecule has 0 spiro atoms. The number of rotatable bonds is 0. The van der Waals surface area contributed by atoms with Crippen molar-refractivity contribution in [3.63, 3.8) is 0 Å². The van der Waals surface area contributed by atoms with Gasteiger partial charge in [-0.3, -0.25) is 0 Å². The van der Waals surface area contributed by atoms with Crippen LogP contribution in [0.25, 0.3) is 0 Å². The van der Waals surface area contributed by atoms with Gasteiger partial charge in [0.1, 0.15) is 0 Å². The van der Waals surface area contributed by atoms with E-state index in [0.29, 0.717) is 0 Å². The summed E-state index contributed by atoms with van der Waals surface area (Å²) in [6.45, 7) is 14.5. The van der Waals surface area contributed by atoms with Crippen LogP contribution in [0.4, 0.5) is 0 Å². The van der Waals surface area contributed by atoms with Crippen molar-refractivity contribution in [2.24, 2.45) is 29.6 Å². The van der Waals surface area contributed by atoms with Gasteiger partial charge in [-0.15, -0.1) is 0 Å². The molecule has 0 N–H and O–H groups in total. The Bertz CT molecular complexity index is 253. The summed E-state index contributed by atoms with van der Waals surface area (Å²) >= 11 is 0. The third-order valence-electron chi connectivity index (χ3n) is 5.31. The van der Waals surface area contributed by atoms with Gasteiger partial charge in [0.25, 0.3) is 0 Å². The monoisotopic (exact) mass is 294 g/mol. The van der Waals surface area contributed by atoms with Crippen molar-refractivity contribution in [1.29, 1.82) is 0 Å². The Morgan fingerprint density at radius 1 is 0.714 bits per heavy atom. The first-order valence-electron chi connectivity index (χ1n) is 10.0. The van der Waals surface area contributed by atoms with Crippen molar-refractivity contribution >= 4 is 0 Å². The molecule has 0 amide bonds. The van der Waals surface area contributed by atoms with Gasteiger partial charge in [-0.1, -0.05) is 67.0 Å². The fourth-order valence-corrected chi connectivity index (χ4v) is 4.53. The summed E-state index contributed by atoms with van der Waals surface area (Å²) in [7, 11) is 0. The zero-order chi connectivity index (χ0) is 16.3. The fourth-order valence-electron chi connectivity index (χ4n) is 4.53. The van der Waals surface area contributed by atoms with Crippen molar-refractivity contribution in [3.8, 4) is 0 Å². The first-order chi connectivity index (χ1) is 10.3. The van der Waals surface area contributed by atoms with E-state index in [1.165, 1.54) is 38.5 Å². The molecule has 0 heterocycles. The van der Waals surface area contributed by atoms with Crippen LogP contribution >= 0.6 is 0 Å². The highest BCUT2D eigenvalue weighted by molar-refractivity contribution is 5.04. The van der Waals surface area contributed by atoms with Crippen LogP contribution < -0.4 is 0 Å². The summed E-state index contributed by atoms with van der Waals surface area (Å²) in [5.41, 5.74) is 0. The summed E-state index contributed by atoms with van der Waals surface area (Å²) in [6, 6.07) is 0. The molecule has 3 rings (SSSR count). The largest absolute Gasteiger partial charge is 0.0882 e. The van der Waals surface area contributed by atoms with E-state index in [0.717, 1.165) is 29.6 Å². The third-order valence-corrected chi connectivity index (χ3v) is 5.31. The molecule has 0 radical (unpaired) electrons. The lowest BCUT2D eigenvalue weighted by molar-refractivity contribution is 0.0557. The zero-order valence-electron chi connectivity index (χ0n) is 16.0. The van der Waals surface area contributed by atoms with Crippen molar-refractivity contribution in [1.82, 2.24) is 0 Å². The molecule has 0 aromatic rings. The van der Waals surface area contributed by atoms with Crippen LogP contribution in [-0.2, 0) is 0 Å². The number of hydrogen-bond acceptors (Lipinski definition) is 0.